The second kappa shape index (κ2) is 4.81. The van der Waals surface area contributed by atoms with Crippen molar-refractivity contribution >= 4 is 32.5 Å². The van der Waals surface area contributed by atoms with Gasteiger partial charge in [0.15, 0.2) is 0 Å². The normalized spacial score (nSPS) is 11.4. The molecule has 3 heterocycles. The van der Waals surface area contributed by atoms with E-state index in [-0.39, 0.29) is 5.63 Å². The first-order valence-corrected chi connectivity index (χ1v) is 7.59. The second-order valence-corrected chi connectivity index (χ2v) is 6.09. The van der Waals surface area contributed by atoms with Gasteiger partial charge >= 0.3 is 5.63 Å². The summed E-state index contributed by atoms with van der Waals surface area (Å²) >= 11 is 3.43. The summed E-state index contributed by atoms with van der Waals surface area (Å²) in [6.07, 6.45) is 3.76. The van der Waals surface area contributed by atoms with E-state index in [1.54, 1.807) is 6.07 Å². The van der Waals surface area contributed by atoms with Crippen LogP contribution in [0.5, 0.6) is 0 Å². The zero-order valence-electron chi connectivity index (χ0n) is 11.7. The van der Waals surface area contributed by atoms with E-state index in [1.807, 2.05) is 54.0 Å². The Kier molecular flexibility index (Phi) is 2.90. The van der Waals surface area contributed by atoms with Crippen LogP contribution < -0.4 is 5.63 Å². The standard InChI is InChI=1S/C17H11BrN2O2/c1-10-3-2-6-20-9-14(19-16(10)20)13-8-11-7-12(18)4-5-15(11)22-17(13)21/h2-9H,1H3. The van der Waals surface area contributed by atoms with E-state index >= 15 is 0 Å². The summed E-state index contributed by atoms with van der Waals surface area (Å²) in [7, 11) is 0. The van der Waals surface area contributed by atoms with Crippen molar-refractivity contribution in [1.29, 1.82) is 0 Å². The number of hydrogen-bond acceptors (Lipinski definition) is 3. The lowest BCUT2D eigenvalue weighted by molar-refractivity contribution is 0.563. The van der Waals surface area contributed by atoms with Crippen LogP contribution in [0.4, 0.5) is 0 Å². The van der Waals surface area contributed by atoms with Crippen LogP contribution in [0.2, 0.25) is 0 Å². The van der Waals surface area contributed by atoms with Crippen LogP contribution in [0.25, 0.3) is 27.9 Å². The molecule has 4 rings (SSSR count). The Morgan fingerprint density at radius 2 is 2.09 bits per heavy atom. The number of benzene rings is 1. The topological polar surface area (TPSA) is 47.5 Å². The Bertz CT molecular complexity index is 1080. The summed E-state index contributed by atoms with van der Waals surface area (Å²) < 4.78 is 8.25. The van der Waals surface area contributed by atoms with Crippen molar-refractivity contribution < 1.29 is 4.42 Å². The van der Waals surface area contributed by atoms with Gasteiger partial charge in [-0.25, -0.2) is 9.78 Å². The van der Waals surface area contributed by atoms with Crippen molar-refractivity contribution in [2.45, 2.75) is 6.92 Å². The molecule has 4 aromatic rings. The molecule has 22 heavy (non-hydrogen) atoms. The van der Waals surface area contributed by atoms with Crippen LogP contribution >= 0.6 is 15.9 Å². The summed E-state index contributed by atoms with van der Waals surface area (Å²) in [5.41, 5.74) is 3.17. The van der Waals surface area contributed by atoms with Gasteiger partial charge in [-0.1, -0.05) is 22.0 Å². The van der Waals surface area contributed by atoms with Crippen LogP contribution in [0, 0.1) is 6.92 Å². The molecule has 0 bridgehead atoms. The molecule has 5 heteroatoms. The summed E-state index contributed by atoms with van der Waals surface area (Å²) in [6, 6.07) is 11.3. The van der Waals surface area contributed by atoms with Crippen molar-refractivity contribution in [2.75, 3.05) is 0 Å². The van der Waals surface area contributed by atoms with E-state index in [0.29, 0.717) is 16.8 Å². The van der Waals surface area contributed by atoms with Gasteiger partial charge in [0.1, 0.15) is 11.2 Å². The predicted octanol–water partition coefficient (Wildman–Crippen LogP) is 4.18. The number of halogens is 1. The molecule has 0 aliphatic rings. The number of nitrogens with zero attached hydrogens (tertiary/aromatic N) is 2. The first-order chi connectivity index (χ1) is 10.6. The molecule has 0 aliphatic heterocycles. The molecule has 3 aromatic heterocycles. The second-order valence-electron chi connectivity index (χ2n) is 5.18. The van der Waals surface area contributed by atoms with Gasteiger partial charge in [0, 0.05) is 22.3 Å². The number of aromatic nitrogens is 2. The molecule has 108 valence electrons. The van der Waals surface area contributed by atoms with E-state index in [4.69, 9.17) is 4.42 Å². The first kappa shape index (κ1) is 13.3. The third-order valence-electron chi connectivity index (χ3n) is 3.65. The summed E-state index contributed by atoms with van der Waals surface area (Å²) in [4.78, 5) is 16.8. The Morgan fingerprint density at radius 3 is 2.91 bits per heavy atom. The number of imidazole rings is 1. The fourth-order valence-corrected chi connectivity index (χ4v) is 2.94. The fourth-order valence-electron chi connectivity index (χ4n) is 2.56. The Hall–Kier alpha value is -2.40. The molecule has 0 radical (unpaired) electrons. The minimum atomic E-state index is -0.379. The van der Waals surface area contributed by atoms with E-state index < -0.39 is 0 Å². The van der Waals surface area contributed by atoms with Gasteiger partial charge in [-0.15, -0.1) is 0 Å². The molecular formula is C17H11BrN2O2. The molecule has 0 fully saturated rings. The molecule has 0 atom stereocenters. The van der Waals surface area contributed by atoms with Gasteiger partial charge in [-0.05, 0) is 42.8 Å². The summed E-state index contributed by atoms with van der Waals surface area (Å²) in [6.45, 7) is 1.99. The van der Waals surface area contributed by atoms with Crippen molar-refractivity contribution in [1.82, 2.24) is 9.38 Å². The lowest BCUT2D eigenvalue weighted by atomic mass is 10.1. The van der Waals surface area contributed by atoms with E-state index in [9.17, 15) is 4.79 Å². The number of aryl methyl sites for hydroxylation is 1. The van der Waals surface area contributed by atoms with Crippen molar-refractivity contribution in [3.05, 3.63) is 69.2 Å². The lowest BCUT2D eigenvalue weighted by Crippen LogP contribution is -2.02. The van der Waals surface area contributed by atoms with Gasteiger partial charge in [-0.2, -0.15) is 0 Å². The average molecular weight is 355 g/mol. The zero-order chi connectivity index (χ0) is 15.3. The minimum absolute atomic E-state index is 0.379. The molecule has 4 nitrogen and oxygen atoms in total. The monoisotopic (exact) mass is 354 g/mol. The van der Waals surface area contributed by atoms with Crippen LogP contribution in [-0.4, -0.2) is 9.38 Å². The average Bonchev–Trinajstić information content (AvgIpc) is 2.92. The molecule has 0 saturated heterocycles. The van der Waals surface area contributed by atoms with Crippen LogP contribution in [-0.2, 0) is 0 Å². The molecule has 0 amide bonds. The maximum absolute atomic E-state index is 12.3. The van der Waals surface area contributed by atoms with Gasteiger partial charge < -0.3 is 8.82 Å². The molecule has 0 saturated carbocycles. The molecule has 0 N–H and O–H groups in total. The maximum atomic E-state index is 12.3. The highest BCUT2D eigenvalue weighted by Gasteiger charge is 2.12. The van der Waals surface area contributed by atoms with Crippen LogP contribution in [0.15, 0.2) is 62.5 Å². The SMILES string of the molecule is Cc1cccn2cc(-c3cc4cc(Br)ccc4oc3=O)nc12. The Morgan fingerprint density at radius 1 is 1.23 bits per heavy atom. The van der Waals surface area contributed by atoms with Crippen molar-refractivity contribution in [2.24, 2.45) is 0 Å². The van der Waals surface area contributed by atoms with E-state index in [0.717, 1.165) is 21.1 Å². The molecule has 1 aromatic carbocycles. The Balaban J connectivity index is 2.00. The number of pyridine rings is 1. The highest BCUT2D eigenvalue weighted by atomic mass is 79.9. The summed E-state index contributed by atoms with van der Waals surface area (Å²) in [5.74, 6) is 0. The molecule has 0 spiro atoms. The largest absolute Gasteiger partial charge is 0.422 e. The number of fused-ring (bicyclic) bond motifs is 2. The Labute approximate surface area is 134 Å². The van der Waals surface area contributed by atoms with Crippen molar-refractivity contribution in [3.63, 3.8) is 0 Å². The quantitative estimate of drug-likeness (QED) is 0.481. The minimum Gasteiger partial charge on any atom is -0.422 e. The third kappa shape index (κ3) is 2.05. The fraction of sp³-hybridized carbons (Fsp3) is 0.0588. The smallest absolute Gasteiger partial charge is 0.345 e. The maximum Gasteiger partial charge on any atom is 0.345 e. The van der Waals surface area contributed by atoms with E-state index in [2.05, 4.69) is 20.9 Å². The predicted molar refractivity (Wildman–Crippen MR) is 89.1 cm³/mol. The molecular weight excluding hydrogens is 344 g/mol. The van der Waals surface area contributed by atoms with Gasteiger partial charge in [0.05, 0.1) is 11.3 Å². The van der Waals surface area contributed by atoms with Gasteiger partial charge in [-0.3, -0.25) is 0 Å². The van der Waals surface area contributed by atoms with Gasteiger partial charge in [0.25, 0.3) is 0 Å². The first-order valence-electron chi connectivity index (χ1n) is 6.80. The number of hydrogen-bond donors (Lipinski definition) is 0. The molecule has 0 unspecified atom stereocenters. The van der Waals surface area contributed by atoms with E-state index in [1.165, 1.54) is 0 Å². The van der Waals surface area contributed by atoms with Gasteiger partial charge in [0.2, 0.25) is 0 Å². The van der Waals surface area contributed by atoms with Crippen molar-refractivity contribution in [3.8, 4) is 11.3 Å². The number of rotatable bonds is 1. The zero-order valence-corrected chi connectivity index (χ0v) is 13.3. The highest BCUT2D eigenvalue weighted by molar-refractivity contribution is 9.10. The molecule has 0 aliphatic carbocycles. The third-order valence-corrected chi connectivity index (χ3v) is 4.14. The summed E-state index contributed by atoms with van der Waals surface area (Å²) in [5, 5.41) is 0.859. The highest BCUT2D eigenvalue weighted by Crippen LogP contribution is 2.24. The van der Waals surface area contributed by atoms with Crippen LogP contribution in [0.3, 0.4) is 0 Å². The van der Waals surface area contributed by atoms with Crippen LogP contribution in [0.1, 0.15) is 5.56 Å². The lowest BCUT2D eigenvalue weighted by Gasteiger charge is -2.00.